The van der Waals surface area contributed by atoms with E-state index < -0.39 is 40.6 Å². The van der Waals surface area contributed by atoms with Crippen LogP contribution in [0, 0.1) is 29.1 Å². The van der Waals surface area contributed by atoms with Crippen molar-refractivity contribution in [3.05, 3.63) is 34.6 Å². The lowest BCUT2D eigenvalue weighted by Crippen LogP contribution is -2.36. The van der Waals surface area contributed by atoms with Crippen LogP contribution in [0.5, 0.6) is 0 Å². The smallest absolute Gasteiger partial charge is 0.260 e. The fourth-order valence-electron chi connectivity index (χ4n) is 1.86. The van der Waals surface area contributed by atoms with Crippen LogP contribution in [0.25, 0.3) is 0 Å². The van der Waals surface area contributed by atoms with Gasteiger partial charge in [-0.15, -0.1) is 0 Å². The van der Waals surface area contributed by atoms with Gasteiger partial charge in [0.25, 0.3) is 5.91 Å². The molecule has 0 unspecified atom stereocenters. The van der Waals surface area contributed by atoms with Gasteiger partial charge in [-0.05, 0) is 12.8 Å². The summed E-state index contributed by atoms with van der Waals surface area (Å²) >= 11 is 3.07. The second kappa shape index (κ2) is 5.67. The third-order valence-corrected chi connectivity index (χ3v) is 3.35. The Bertz CT molecular complexity index is 532. The average molecular weight is 358 g/mol. The summed E-state index contributed by atoms with van der Waals surface area (Å²) < 4.78 is 66.2. The van der Waals surface area contributed by atoms with Crippen molar-refractivity contribution in [2.24, 2.45) is 0 Å². The molecule has 1 fully saturated rings. The van der Waals surface area contributed by atoms with E-state index in [0.29, 0.717) is 18.2 Å². The van der Waals surface area contributed by atoms with Crippen LogP contribution < -0.4 is 0 Å². The van der Waals surface area contributed by atoms with Crippen molar-refractivity contribution in [3.63, 3.8) is 0 Å². The van der Waals surface area contributed by atoms with Gasteiger partial charge in [0.15, 0.2) is 23.3 Å². The molecule has 1 aliphatic rings. The Labute approximate surface area is 119 Å². The molecule has 20 heavy (non-hydrogen) atoms. The largest absolute Gasteiger partial charge is 0.335 e. The maximum atomic E-state index is 13.6. The fraction of sp³-hybridized carbons (Fsp3) is 0.417. The van der Waals surface area contributed by atoms with Crippen LogP contribution in [0.15, 0.2) is 0 Å². The third-order valence-electron chi connectivity index (χ3n) is 3.00. The zero-order valence-corrected chi connectivity index (χ0v) is 11.6. The van der Waals surface area contributed by atoms with Gasteiger partial charge in [-0.3, -0.25) is 4.79 Å². The Balaban J connectivity index is 2.48. The number of nitrogens with zero attached hydrogens (tertiary/aromatic N) is 1. The maximum Gasteiger partial charge on any atom is 0.260 e. The molecule has 0 saturated heterocycles. The molecule has 1 aromatic carbocycles. The lowest BCUT2D eigenvalue weighted by molar-refractivity contribution is 0.0741. The predicted molar refractivity (Wildman–Crippen MR) is 64.1 cm³/mol. The van der Waals surface area contributed by atoms with Gasteiger partial charge in [0, 0.05) is 17.9 Å². The summed E-state index contributed by atoms with van der Waals surface area (Å²) in [7, 11) is 0. The number of hydrogen-bond donors (Lipinski definition) is 0. The van der Waals surface area contributed by atoms with E-state index in [1.54, 1.807) is 0 Å². The highest BCUT2D eigenvalue weighted by Crippen LogP contribution is 2.31. The monoisotopic (exact) mass is 357 g/mol. The van der Waals surface area contributed by atoms with Crippen LogP contribution in [0.2, 0.25) is 0 Å². The lowest BCUT2D eigenvalue weighted by Gasteiger charge is -2.22. The number of halogens is 6. The molecule has 0 radical (unpaired) electrons. The molecule has 0 heterocycles. The highest BCUT2D eigenvalue weighted by Gasteiger charge is 2.37. The molecule has 0 N–H and O–H groups in total. The van der Waals surface area contributed by atoms with E-state index in [4.69, 9.17) is 0 Å². The first-order valence-electron chi connectivity index (χ1n) is 5.78. The van der Waals surface area contributed by atoms with E-state index in [1.165, 1.54) is 0 Å². The van der Waals surface area contributed by atoms with Gasteiger partial charge in [0.1, 0.15) is 5.56 Å². The Morgan fingerprint density at radius 3 is 1.85 bits per heavy atom. The number of hydrogen-bond acceptors (Lipinski definition) is 1. The molecule has 1 amide bonds. The summed E-state index contributed by atoms with van der Waals surface area (Å²) in [6.07, 6.45) is 1.29. The minimum absolute atomic E-state index is 0.128. The van der Waals surface area contributed by atoms with Crippen molar-refractivity contribution in [3.8, 4) is 0 Å². The number of carbonyl (C=O) groups excluding carboxylic acids is 1. The highest BCUT2D eigenvalue weighted by molar-refractivity contribution is 9.09. The summed E-state index contributed by atoms with van der Waals surface area (Å²) in [5.74, 6) is -11.9. The van der Waals surface area contributed by atoms with Crippen molar-refractivity contribution < 1.29 is 26.7 Å². The third kappa shape index (κ3) is 2.53. The van der Waals surface area contributed by atoms with Crippen LogP contribution in [0.1, 0.15) is 23.2 Å². The topological polar surface area (TPSA) is 20.3 Å². The molecule has 0 spiro atoms. The van der Waals surface area contributed by atoms with Crippen molar-refractivity contribution in [1.29, 1.82) is 0 Å². The summed E-state index contributed by atoms with van der Waals surface area (Å²) in [4.78, 5) is 13.2. The minimum Gasteiger partial charge on any atom is -0.335 e. The molecule has 0 atom stereocenters. The van der Waals surface area contributed by atoms with E-state index >= 15 is 0 Å². The van der Waals surface area contributed by atoms with Crippen LogP contribution in [0.3, 0.4) is 0 Å². The van der Waals surface area contributed by atoms with Gasteiger partial charge in [0.2, 0.25) is 5.82 Å². The van der Waals surface area contributed by atoms with Crippen LogP contribution in [0.4, 0.5) is 22.0 Å². The maximum absolute atomic E-state index is 13.6. The van der Waals surface area contributed by atoms with Crippen molar-refractivity contribution >= 4 is 21.8 Å². The highest BCUT2D eigenvalue weighted by atomic mass is 79.9. The quantitative estimate of drug-likeness (QED) is 0.350. The lowest BCUT2D eigenvalue weighted by atomic mass is 10.1. The van der Waals surface area contributed by atoms with Crippen LogP contribution in [-0.2, 0) is 0 Å². The van der Waals surface area contributed by atoms with E-state index in [2.05, 4.69) is 15.9 Å². The average Bonchev–Trinajstić information content (AvgIpc) is 3.24. The van der Waals surface area contributed by atoms with Gasteiger partial charge in [-0.2, -0.15) is 0 Å². The molecule has 1 saturated carbocycles. The number of alkyl halides is 1. The SMILES string of the molecule is O=C(c1c(F)c(F)c(F)c(F)c1F)N(CCBr)C1CC1. The Morgan fingerprint density at radius 2 is 1.45 bits per heavy atom. The number of benzene rings is 1. The predicted octanol–water partition coefficient (Wildman–Crippen LogP) is 3.38. The molecule has 1 aliphatic carbocycles. The Morgan fingerprint density at radius 1 is 1.00 bits per heavy atom. The fourth-order valence-corrected chi connectivity index (χ4v) is 2.25. The van der Waals surface area contributed by atoms with Gasteiger partial charge < -0.3 is 4.90 Å². The Kier molecular flexibility index (Phi) is 4.31. The van der Waals surface area contributed by atoms with Gasteiger partial charge in [-0.25, -0.2) is 22.0 Å². The van der Waals surface area contributed by atoms with E-state index in [1.807, 2.05) is 0 Å². The molecule has 8 heteroatoms. The number of amides is 1. The molecule has 110 valence electrons. The van der Waals surface area contributed by atoms with E-state index in [9.17, 15) is 26.7 Å². The van der Waals surface area contributed by atoms with Gasteiger partial charge in [0.05, 0.1) is 0 Å². The minimum atomic E-state index is -2.27. The molecule has 0 bridgehead atoms. The zero-order chi connectivity index (χ0) is 15.0. The van der Waals surface area contributed by atoms with Crippen molar-refractivity contribution in [2.45, 2.75) is 18.9 Å². The van der Waals surface area contributed by atoms with E-state index in [-0.39, 0.29) is 12.6 Å². The second-order valence-corrected chi connectivity index (χ2v) is 5.16. The summed E-state index contributed by atoms with van der Waals surface area (Å²) in [6, 6.07) is -0.213. The Hall–Kier alpha value is -1.18. The van der Waals surface area contributed by atoms with Crippen molar-refractivity contribution in [2.75, 3.05) is 11.9 Å². The first-order valence-corrected chi connectivity index (χ1v) is 6.90. The first-order chi connectivity index (χ1) is 9.40. The molecule has 2 rings (SSSR count). The second-order valence-electron chi connectivity index (χ2n) is 4.36. The van der Waals surface area contributed by atoms with Crippen LogP contribution in [-0.4, -0.2) is 28.7 Å². The molecule has 1 aromatic rings. The first kappa shape index (κ1) is 15.2. The molecular formula is C12H9BrF5NO. The summed E-state index contributed by atoms with van der Waals surface area (Å²) in [5.41, 5.74) is -1.39. The van der Waals surface area contributed by atoms with Crippen LogP contribution >= 0.6 is 15.9 Å². The zero-order valence-electron chi connectivity index (χ0n) is 10.0. The summed E-state index contributed by atoms with van der Waals surface area (Å²) in [5, 5.41) is 0.338. The van der Waals surface area contributed by atoms with Gasteiger partial charge >= 0.3 is 0 Å². The number of carbonyl (C=O) groups is 1. The molecule has 0 aromatic heterocycles. The molecular weight excluding hydrogens is 349 g/mol. The standard InChI is InChI=1S/C12H9BrF5NO/c13-3-4-19(5-1-2-5)12(20)6-7(14)9(16)11(18)10(17)8(6)15/h5H,1-4H2. The normalized spacial score (nSPS) is 14.5. The molecule has 0 aliphatic heterocycles. The van der Waals surface area contributed by atoms with Gasteiger partial charge in [-0.1, -0.05) is 15.9 Å². The summed E-state index contributed by atoms with van der Waals surface area (Å²) in [6.45, 7) is 0.128. The van der Waals surface area contributed by atoms with Crippen molar-refractivity contribution in [1.82, 2.24) is 4.90 Å². The molecule has 2 nitrogen and oxygen atoms in total. The number of rotatable bonds is 4. The van der Waals surface area contributed by atoms with E-state index in [0.717, 1.165) is 4.90 Å².